The average molecular weight is 194 g/mol. The van der Waals surface area contributed by atoms with E-state index in [0.717, 1.165) is 12.0 Å². The van der Waals surface area contributed by atoms with Gasteiger partial charge in [0.15, 0.2) is 6.29 Å². The predicted molar refractivity (Wildman–Crippen MR) is 51.7 cm³/mol. The third-order valence-electron chi connectivity index (χ3n) is 2.25. The molecule has 2 rings (SSSR count). The first kappa shape index (κ1) is 9.65. The minimum Gasteiger partial charge on any atom is -0.383 e. The molecule has 0 unspecified atom stereocenters. The molecule has 0 aliphatic carbocycles. The quantitative estimate of drug-likeness (QED) is 0.775. The lowest BCUT2D eigenvalue weighted by atomic mass is 10.1. The summed E-state index contributed by atoms with van der Waals surface area (Å²) < 4.78 is 10.6. The number of benzene rings is 1. The molecular formula is C11H14O3. The van der Waals surface area contributed by atoms with Gasteiger partial charge in [0.05, 0.1) is 13.2 Å². The van der Waals surface area contributed by atoms with Crippen molar-refractivity contribution in [2.75, 3.05) is 13.2 Å². The summed E-state index contributed by atoms with van der Waals surface area (Å²) >= 11 is 0. The Morgan fingerprint density at radius 1 is 1.14 bits per heavy atom. The Kier molecular flexibility index (Phi) is 3.14. The minimum absolute atomic E-state index is 0.508. The largest absolute Gasteiger partial charge is 0.383 e. The van der Waals surface area contributed by atoms with Crippen LogP contribution in [0.25, 0.3) is 0 Å². The molecule has 1 N–H and O–H groups in total. The van der Waals surface area contributed by atoms with Gasteiger partial charge in [-0.1, -0.05) is 30.3 Å². The van der Waals surface area contributed by atoms with Crippen LogP contribution in [0, 0.1) is 0 Å². The molecular weight excluding hydrogens is 180 g/mol. The van der Waals surface area contributed by atoms with Crippen LogP contribution in [0.3, 0.4) is 0 Å². The lowest BCUT2D eigenvalue weighted by Crippen LogP contribution is -2.30. The highest BCUT2D eigenvalue weighted by molar-refractivity contribution is 5.17. The molecule has 0 bridgehead atoms. The van der Waals surface area contributed by atoms with Crippen molar-refractivity contribution in [1.29, 1.82) is 0 Å². The lowest BCUT2D eigenvalue weighted by Gasteiger charge is -2.27. The number of rotatable bonds is 2. The molecule has 0 radical (unpaired) electrons. The molecule has 1 fully saturated rings. The van der Waals surface area contributed by atoms with Crippen LogP contribution >= 0.6 is 0 Å². The van der Waals surface area contributed by atoms with Crippen LogP contribution in [-0.2, 0) is 9.47 Å². The van der Waals surface area contributed by atoms with Crippen LogP contribution in [0.2, 0.25) is 0 Å². The van der Waals surface area contributed by atoms with Gasteiger partial charge in [-0.25, -0.2) is 0 Å². The molecule has 1 aliphatic heterocycles. The molecule has 0 spiro atoms. The van der Waals surface area contributed by atoms with Crippen LogP contribution in [0.4, 0.5) is 0 Å². The highest BCUT2D eigenvalue weighted by Gasteiger charge is 2.24. The van der Waals surface area contributed by atoms with E-state index in [0.29, 0.717) is 13.2 Å². The van der Waals surface area contributed by atoms with E-state index in [9.17, 15) is 5.11 Å². The van der Waals surface area contributed by atoms with Crippen molar-refractivity contribution in [3.63, 3.8) is 0 Å². The van der Waals surface area contributed by atoms with E-state index in [1.807, 2.05) is 30.3 Å². The van der Waals surface area contributed by atoms with Gasteiger partial charge in [-0.15, -0.1) is 0 Å². The summed E-state index contributed by atoms with van der Waals surface area (Å²) in [6.07, 6.45) is -0.291. The Bertz CT molecular complexity index is 267. The molecule has 1 saturated heterocycles. The van der Waals surface area contributed by atoms with Crippen molar-refractivity contribution < 1.29 is 14.6 Å². The molecule has 1 aromatic rings. The fraction of sp³-hybridized carbons (Fsp3) is 0.455. The van der Waals surface area contributed by atoms with Gasteiger partial charge in [-0.2, -0.15) is 0 Å². The molecule has 0 amide bonds. The zero-order chi connectivity index (χ0) is 9.80. The van der Waals surface area contributed by atoms with Gasteiger partial charge in [-0.05, 0) is 12.0 Å². The van der Waals surface area contributed by atoms with Gasteiger partial charge < -0.3 is 14.6 Å². The topological polar surface area (TPSA) is 38.7 Å². The van der Waals surface area contributed by atoms with Crippen LogP contribution in [-0.4, -0.2) is 24.6 Å². The van der Waals surface area contributed by atoms with E-state index in [4.69, 9.17) is 9.47 Å². The summed E-state index contributed by atoms with van der Waals surface area (Å²) in [5.41, 5.74) is 0.833. The summed E-state index contributed by atoms with van der Waals surface area (Å²) in [5.74, 6) is 0. The lowest BCUT2D eigenvalue weighted by molar-refractivity contribution is -0.224. The highest BCUT2D eigenvalue weighted by atomic mass is 16.7. The first-order chi connectivity index (χ1) is 6.88. The second-order valence-corrected chi connectivity index (χ2v) is 3.32. The van der Waals surface area contributed by atoms with Crippen LogP contribution in [0.5, 0.6) is 0 Å². The molecule has 3 nitrogen and oxygen atoms in total. The maximum Gasteiger partial charge on any atom is 0.187 e. The smallest absolute Gasteiger partial charge is 0.187 e. The Labute approximate surface area is 83.3 Å². The fourth-order valence-corrected chi connectivity index (χ4v) is 1.50. The average Bonchev–Trinajstić information content (AvgIpc) is 2.30. The van der Waals surface area contributed by atoms with Gasteiger partial charge in [0.1, 0.15) is 6.10 Å². The number of hydrogen-bond donors (Lipinski definition) is 1. The molecule has 1 heterocycles. The van der Waals surface area contributed by atoms with Crippen LogP contribution in [0.15, 0.2) is 30.3 Å². The monoisotopic (exact) mass is 194 g/mol. The van der Waals surface area contributed by atoms with Crippen LogP contribution < -0.4 is 0 Å². The van der Waals surface area contributed by atoms with Crippen LogP contribution in [0.1, 0.15) is 18.1 Å². The standard InChI is InChI=1S/C11H14O3/c12-10(9-5-2-1-3-6-9)11-13-7-4-8-14-11/h1-3,5-6,10-12H,4,7-8H2/t10-/m0/s1. The van der Waals surface area contributed by atoms with E-state index < -0.39 is 12.4 Å². The van der Waals surface area contributed by atoms with Crippen molar-refractivity contribution in [3.8, 4) is 0 Å². The maximum absolute atomic E-state index is 9.90. The number of aliphatic hydroxyl groups is 1. The Morgan fingerprint density at radius 2 is 1.79 bits per heavy atom. The molecule has 14 heavy (non-hydrogen) atoms. The summed E-state index contributed by atoms with van der Waals surface area (Å²) in [5, 5.41) is 9.90. The van der Waals surface area contributed by atoms with Crippen molar-refractivity contribution >= 4 is 0 Å². The number of hydrogen-bond acceptors (Lipinski definition) is 3. The Balaban J connectivity index is 2.03. The Hall–Kier alpha value is -0.900. The van der Waals surface area contributed by atoms with Gasteiger partial charge >= 0.3 is 0 Å². The SMILES string of the molecule is O[C@@H](c1ccccc1)C1OCCCO1. The number of ether oxygens (including phenoxy) is 2. The summed E-state index contributed by atoms with van der Waals surface area (Å²) in [7, 11) is 0. The number of aliphatic hydroxyl groups excluding tert-OH is 1. The third kappa shape index (κ3) is 2.12. The van der Waals surface area contributed by atoms with Gasteiger partial charge in [-0.3, -0.25) is 0 Å². The van der Waals surface area contributed by atoms with E-state index in [1.165, 1.54) is 0 Å². The van der Waals surface area contributed by atoms with E-state index in [-0.39, 0.29) is 0 Å². The third-order valence-corrected chi connectivity index (χ3v) is 2.25. The summed E-state index contributed by atoms with van der Waals surface area (Å²) in [4.78, 5) is 0. The molecule has 0 saturated carbocycles. The molecule has 0 aromatic heterocycles. The first-order valence-corrected chi connectivity index (χ1v) is 4.84. The fourth-order valence-electron chi connectivity index (χ4n) is 1.50. The van der Waals surface area contributed by atoms with E-state index in [2.05, 4.69) is 0 Å². The second-order valence-electron chi connectivity index (χ2n) is 3.32. The first-order valence-electron chi connectivity index (χ1n) is 4.84. The molecule has 1 aromatic carbocycles. The van der Waals surface area contributed by atoms with Crippen molar-refractivity contribution in [2.45, 2.75) is 18.8 Å². The Morgan fingerprint density at radius 3 is 2.43 bits per heavy atom. The zero-order valence-electron chi connectivity index (χ0n) is 7.93. The molecule has 1 aliphatic rings. The molecule has 76 valence electrons. The second kappa shape index (κ2) is 4.55. The zero-order valence-corrected chi connectivity index (χ0v) is 7.93. The predicted octanol–water partition coefficient (Wildman–Crippen LogP) is 1.48. The molecule has 3 heteroatoms. The summed E-state index contributed by atoms with van der Waals surface area (Å²) in [6.45, 7) is 1.32. The van der Waals surface area contributed by atoms with Crippen molar-refractivity contribution in [2.24, 2.45) is 0 Å². The minimum atomic E-state index is -0.684. The van der Waals surface area contributed by atoms with Crippen molar-refractivity contribution in [3.05, 3.63) is 35.9 Å². The summed E-state index contributed by atoms with van der Waals surface area (Å²) in [6, 6.07) is 9.43. The molecule has 1 atom stereocenters. The van der Waals surface area contributed by atoms with Gasteiger partial charge in [0, 0.05) is 0 Å². The highest BCUT2D eigenvalue weighted by Crippen LogP contribution is 2.22. The van der Waals surface area contributed by atoms with E-state index >= 15 is 0 Å². The maximum atomic E-state index is 9.90. The van der Waals surface area contributed by atoms with E-state index in [1.54, 1.807) is 0 Å². The van der Waals surface area contributed by atoms with Crippen molar-refractivity contribution in [1.82, 2.24) is 0 Å². The normalized spacial score (nSPS) is 20.6. The van der Waals surface area contributed by atoms with Gasteiger partial charge in [0.25, 0.3) is 0 Å². The van der Waals surface area contributed by atoms with Gasteiger partial charge in [0.2, 0.25) is 0 Å².